The Morgan fingerprint density at radius 3 is 2.68 bits per heavy atom. The predicted molar refractivity (Wildman–Crippen MR) is 98.4 cm³/mol. The Balaban J connectivity index is 1.65. The summed E-state index contributed by atoms with van der Waals surface area (Å²) in [6.45, 7) is 4.00. The van der Waals surface area contributed by atoms with Crippen molar-refractivity contribution >= 4 is 16.8 Å². The summed E-state index contributed by atoms with van der Waals surface area (Å²) in [5.41, 5.74) is 2.73. The van der Waals surface area contributed by atoms with Crippen molar-refractivity contribution in [1.29, 1.82) is 0 Å². The van der Waals surface area contributed by atoms with E-state index < -0.39 is 0 Å². The number of aromatic nitrogens is 2. The van der Waals surface area contributed by atoms with Gasteiger partial charge in [-0.15, -0.1) is 0 Å². The standard InChI is InChI=1S/C20H21N3O2/c1-13-7-3-4-8-15(13)14(2)21-19(24)12-11-18-22-17-10-6-5-9-16(17)20(25)23-18/h3-10,14H,11-12H2,1-2H3,(H,21,24)(H,22,23,25). The van der Waals surface area contributed by atoms with Gasteiger partial charge in [0.2, 0.25) is 5.91 Å². The minimum absolute atomic E-state index is 0.0580. The number of amides is 1. The maximum absolute atomic E-state index is 12.2. The minimum Gasteiger partial charge on any atom is -0.350 e. The van der Waals surface area contributed by atoms with Crippen molar-refractivity contribution in [2.75, 3.05) is 0 Å². The van der Waals surface area contributed by atoms with Crippen LogP contribution in [0.25, 0.3) is 10.9 Å². The molecule has 1 atom stereocenters. The number of aryl methyl sites for hydroxylation is 2. The number of aromatic amines is 1. The molecule has 3 rings (SSSR count). The van der Waals surface area contributed by atoms with E-state index in [-0.39, 0.29) is 23.9 Å². The van der Waals surface area contributed by atoms with E-state index in [1.54, 1.807) is 18.2 Å². The number of para-hydroxylation sites is 1. The number of hydrogen-bond acceptors (Lipinski definition) is 3. The zero-order valence-electron chi connectivity index (χ0n) is 14.4. The molecule has 1 aromatic heterocycles. The van der Waals surface area contributed by atoms with Gasteiger partial charge in [-0.25, -0.2) is 4.98 Å². The van der Waals surface area contributed by atoms with Gasteiger partial charge in [0.25, 0.3) is 5.56 Å². The van der Waals surface area contributed by atoms with Crippen LogP contribution in [0, 0.1) is 6.92 Å². The fourth-order valence-corrected chi connectivity index (χ4v) is 2.95. The van der Waals surface area contributed by atoms with Crippen LogP contribution in [-0.4, -0.2) is 15.9 Å². The van der Waals surface area contributed by atoms with Crippen LogP contribution in [0.4, 0.5) is 0 Å². The third-order valence-electron chi connectivity index (χ3n) is 4.28. The first-order valence-corrected chi connectivity index (χ1v) is 8.37. The Morgan fingerprint density at radius 1 is 1.16 bits per heavy atom. The quantitative estimate of drug-likeness (QED) is 0.752. The maximum Gasteiger partial charge on any atom is 0.258 e. The first-order valence-electron chi connectivity index (χ1n) is 8.37. The van der Waals surface area contributed by atoms with Gasteiger partial charge in [-0.1, -0.05) is 36.4 Å². The maximum atomic E-state index is 12.2. The smallest absolute Gasteiger partial charge is 0.258 e. The molecule has 128 valence electrons. The highest BCUT2D eigenvalue weighted by atomic mass is 16.1. The number of carbonyl (C=O) groups excluding carboxylic acids is 1. The molecule has 0 saturated heterocycles. The number of rotatable bonds is 5. The lowest BCUT2D eigenvalue weighted by Gasteiger charge is -2.16. The molecule has 0 aliphatic rings. The van der Waals surface area contributed by atoms with Crippen LogP contribution in [0.2, 0.25) is 0 Å². The van der Waals surface area contributed by atoms with Gasteiger partial charge in [0.1, 0.15) is 5.82 Å². The summed E-state index contributed by atoms with van der Waals surface area (Å²) in [6, 6.07) is 15.1. The fraction of sp³-hybridized carbons (Fsp3) is 0.250. The van der Waals surface area contributed by atoms with Gasteiger partial charge in [-0.3, -0.25) is 9.59 Å². The number of fused-ring (bicyclic) bond motifs is 1. The Hall–Kier alpha value is -2.95. The molecule has 5 nitrogen and oxygen atoms in total. The van der Waals surface area contributed by atoms with Crippen LogP contribution in [0.5, 0.6) is 0 Å². The highest BCUT2D eigenvalue weighted by Crippen LogP contribution is 2.16. The van der Waals surface area contributed by atoms with E-state index in [4.69, 9.17) is 0 Å². The number of H-pyrrole nitrogens is 1. The highest BCUT2D eigenvalue weighted by Gasteiger charge is 2.12. The van der Waals surface area contributed by atoms with Crippen LogP contribution in [0.15, 0.2) is 53.3 Å². The Labute approximate surface area is 146 Å². The molecule has 0 aliphatic heterocycles. The molecule has 1 amide bonds. The highest BCUT2D eigenvalue weighted by molar-refractivity contribution is 5.78. The van der Waals surface area contributed by atoms with E-state index in [0.717, 1.165) is 11.1 Å². The van der Waals surface area contributed by atoms with Crippen molar-refractivity contribution in [3.8, 4) is 0 Å². The summed E-state index contributed by atoms with van der Waals surface area (Å²) in [7, 11) is 0. The van der Waals surface area contributed by atoms with E-state index in [0.29, 0.717) is 23.1 Å². The summed E-state index contributed by atoms with van der Waals surface area (Å²) >= 11 is 0. The van der Waals surface area contributed by atoms with E-state index in [2.05, 4.69) is 15.3 Å². The number of nitrogens with one attached hydrogen (secondary N) is 2. The summed E-state index contributed by atoms with van der Waals surface area (Å²) < 4.78 is 0. The monoisotopic (exact) mass is 335 g/mol. The van der Waals surface area contributed by atoms with Crippen molar-refractivity contribution in [2.45, 2.75) is 32.7 Å². The van der Waals surface area contributed by atoms with Crippen LogP contribution >= 0.6 is 0 Å². The van der Waals surface area contributed by atoms with Gasteiger partial charge in [0, 0.05) is 12.8 Å². The fourth-order valence-electron chi connectivity index (χ4n) is 2.95. The molecule has 0 spiro atoms. The molecule has 1 heterocycles. The topological polar surface area (TPSA) is 74.8 Å². The second kappa shape index (κ2) is 7.30. The summed E-state index contributed by atoms with van der Waals surface area (Å²) in [5.74, 6) is 0.467. The molecular weight excluding hydrogens is 314 g/mol. The van der Waals surface area contributed by atoms with Crippen LogP contribution in [0.1, 0.15) is 36.3 Å². The normalized spacial score (nSPS) is 12.1. The Bertz CT molecular complexity index is 962. The Morgan fingerprint density at radius 2 is 1.88 bits per heavy atom. The average molecular weight is 335 g/mol. The van der Waals surface area contributed by atoms with Gasteiger partial charge in [0.15, 0.2) is 0 Å². The van der Waals surface area contributed by atoms with Crippen molar-refractivity contribution in [2.24, 2.45) is 0 Å². The van der Waals surface area contributed by atoms with Gasteiger partial charge in [0.05, 0.1) is 16.9 Å². The first-order chi connectivity index (χ1) is 12.0. The minimum atomic E-state index is -0.172. The molecule has 25 heavy (non-hydrogen) atoms. The van der Waals surface area contributed by atoms with Crippen molar-refractivity contribution in [3.05, 3.63) is 75.8 Å². The second-order valence-corrected chi connectivity index (χ2v) is 6.18. The summed E-state index contributed by atoms with van der Waals surface area (Å²) in [6.07, 6.45) is 0.671. The van der Waals surface area contributed by atoms with Crippen molar-refractivity contribution in [3.63, 3.8) is 0 Å². The lowest BCUT2D eigenvalue weighted by Crippen LogP contribution is -2.27. The van der Waals surface area contributed by atoms with Crippen molar-refractivity contribution in [1.82, 2.24) is 15.3 Å². The van der Waals surface area contributed by atoms with Gasteiger partial charge < -0.3 is 10.3 Å². The van der Waals surface area contributed by atoms with Gasteiger partial charge >= 0.3 is 0 Å². The van der Waals surface area contributed by atoms with Crippen LogP contribution < -0.4 is 10.9 Å². The lowest BCUT2D eigenvalue weighted by atomic mass is 10.0. The van der Waals surface area contributed by atoms with E-state index >= 15 is 0 Å². The molecule has 2 N–H and O–H groups in total. The predicted octanol–water partition coefficient (Wildman–Crippen LogP) is 3.04. The zero-order valence-corrected chi connectivity index (χ0v) is 14.4. The van der Waals surface area contributed by atoms with Gasteiger partial charge in [-0.05, 0) is 37.1 Å². The van der Waals surface area contributed by atoms with E-state index in [1.165, 1.54) is 0 Å². The lowest BCUT2D eigenvalue weighted by molar-refractivity contribution is -0.121. The first kappa shape index (κ1) is 16.9. The largest absolute Gasteiger partial charge is 0.350 e. The third kappa shape index (κ3) is 3.94. The van der Waals surface area contributed by atoms with E-state index in [9.17, 15) is 9.59 Å². The Kier molecular flexibility index (Phi) is 4.93. The summed E-state index contributed by atoms with van der Waals surface area (Å²) in [5, 5.41) is 3.56. The number of hydrogen-bond donors (Lipinski definition) is 2. The summed E-state index contributed by atoms with van der Waals surface area (Å²) in [4.78, 5) is 31.5. The molecule has 2 aromatic carbocycles. The molecule has 1 unspecified atom stereocenters. The number of nitrogens with zero attached hydrogens (tertiary/aromatic N) is 1. The zero-order chi connectivity index (χ0) is 17.8. The van der Waals surface area contributed by atoms with Crippen LogP contribution in [-0.2, 0) is 11.2 Å². The number of carbonyl (C=O) groups is 1. The van der Waals surface area contributed by atoms with Gasteiger partial charge in [-0.2, -0.15) is 0 Å². The van der Waals surface area contributed by atoms with Crippen LogP contribution in [0.3, 0.4) is 0 Å². The number of benzene rings is 2. The molecule has 0 aliphatic carbocycles. The molecule has 5 heteroatoms. The molecule has 0 saturated carbocycles. The molecule has 0 fully saturated rings. The third-order valence-corrected chi connectivity index (χ3v) is 4.28. The molecular formula is C20H21N3O2. The van der Waals surface area contributed by atoms with Crippen molar-refractivity contribution < 1.29 is 4.79 Å². The molecule has 3 aromatic rings. The molecule has 0 bridgehead atoms. The molecule has 0 radical (unpaired) electrons. The average Bonchev–Trinajstić information content (AvgIpc) is 2.60. The second-order valence-electron chi connectivity index (χ2n) is 6.18. The van der Waals surface area contributed by atoms with E-state index in [1.807, 2.05) is 44.2 Å². The SMILES string of the molecule is Cc1ccccc1C(C)NC(=O)CCc1nc2ccccc2c(=O)[nH]1.